The smallest absolute Gasteiger partial charge is 0.220 e. The molecule has 27 heavy (non-hydrogen) atoms. The van der Waals surface area contributed by atoms with Crippen molar-refractivity contribution in [1.29, 1.82) is 0 Å². The van der Waals surface area contributed by atoms with Gasteiger partial charge in [-0.25, -0.2) is 13.4 Å². The number of hydrogen-bond donors (Lipinski definition) is 3. The maximum atomic E-state index is 11.7. The number of hydrogen-bond acceptors (Lipinski definition) is 4. The average Bonchev–Trinajstić information content (AvgIpc) is 3.39. The highest BCUT2D eigenvalue weighted by atomic mass is 32.2. The van der Waals surface area contributed by atoms with E-state index in [-0.39, 0.29) is 5.91 Å². The van der Waals surface area contributed by atoms with Gasteiger partial charge in [-0.3, -0.25) is 4.79 Å². The molecule has 2 rings (SSSR count). The second-order valence-electron chi connectivity index (χ2n) is 6.94. The first-order valence-electron chi connectivity index (χ1n) is 9.40. The van der Waals surface area contributed by atoms with Gasteiger partial charge in [0, 0.05) is 31.8 Å². The Balaban J connectivity index is 1.84. The van der Waals surface area contributed by atoms with Gasteiger partial charge in [0.15, 0.2) is 15.8 Å². The predicted octanol–water partition coefficient (Wildman–Crippen LogP) is 1.51. The number of carbonyl (C=O) groups excluding carboxylic acids is 1. The van der Waals surface area contributed by atoms with Crippen molar-refractivity contribution in [2.24, 2.45) is 4.99 Å². The molecule has 0 bridgehead atoms. The van der Waals surface area contributed by atoms with Crippen LogP contribution in [0.15, 0.2) is 28.1 Å². The Morgan fingerprint density at radius 2 is 2.00 bits per heavy atom. The first kappa shape index (κ1) is 21.2. The Morgan fingerprint density at radius 1 is 1.26 bits per heavy atom. The number of carbonyl (C=O) groups is 1. The highest BCUT2D eigenvalue weighted by Gasteiger charge is 2.22. The molecule has 1 fully saturated rings. The zero-order valence-electron chi connectivity index (χ0n) is 16.3. The third kappa shape index (κ3) is 7.58. The molecule has 0 aromatic heterocycles. The van der Waals surface area contributed by atoms with Crippen LogP contribution in [0.25, 0.3) is 0 Å². The van der Waals surface area contributed by atoms with Crippen LogP contribution < -0.4 is 16.0 Å². The lowest BCUT2D eigenvalue weighted by molar-refractivity contribution is -0.121. The number of benzene rings is 1. The molecule has 0 heterocycles. The van der Waals surface area contributed by atoms with E-state index in [9.17, 15) is 13.2 Å². The van der Waals surface area contributed by atoms with Crippen molar-refractivity contribution >= 4 is 21.7 Å². The normalized spacial score (nSPS) is 14.7. The summed E-state index contributed by atoms with van der Waals surface area (Å²) >= 11 is 0. The molecule has 0 radical (unpaired) electrons. The quantitative estimate of drug-likeness (QED) is 0.335. The van der Waals surface area contributed by atoms with Gasteiger partial charge in [0.05, 0.1) is 11.4 Å². The summed E-state index contributed by atoms with van der Waals surface area (Å²) in [4.78, 5) is 16.6. The van der Waals surface area contributed by atoms with Gasteiger partial charge in [-0.15, -0.1) is 0 Å². The van der Waals surface area contributed by atoms with Crippen LogP contribution in [0.5, 0.6) is 0 Å². The van der Waals surface area contributed by atoms with E-state index < -0.39 is 9.84 Å². The van der Waals surface area contributed by atoms with E-state index in [1.54, 1.807) is 19.1 Å². The molecular formula is C19H30N4O3S. The van der Waals surface area contributed by atoms with E-state index >= 15 is 0 Å². The van der Waals surface area contributed by atoms with Crippen LogP contribution >= 0.6 is 0 Å². The first-order chi connectivity index (χ1) is 12.8. The van der Waals surface area contributed by atoms with Crippen LogP contribution in [-0.4, -0.2) is 45.7 Å². The van der Waals surface area contributed by atoms with Gasteiger partial charge in [-0.1, -0.05) is 12.1 Å². The van der Waals surface area contributed by atoms with Crippen LogP contribution in [0.1, 0.15) is 43.7 Å². The highest BCUT2D eigenvalue weighted by molar-refractivity contribution is 7.90. The standard InChI is InChI=1S/C19H30N4O3S/c1-4-20-19(21-11-5-6-18(24)23-16-8-9-16)22-13-15-7-10-17(14(2)12-15)27(3,25)26/h7,10,12,16H,4-6,8-9,11,13H2,1-3H3,(H,23,24)(H2,20,21,22). The van der Waals surface area contributed by atoms with Gasteiger partial charge in [-0.2, -0.15) is 0 Å². The summed E-state index contributed by atoms with van der Waals surface area (Å²) in [6, 6.07) is 5.68. The molecule has 1 amide bonds. The zero-order valence-corrected chi connectivity index (χ0v) is 17.2. The van der Waals surface area contributed by atoms with Gasteiger partial charge in [-0.05, 0) is 50.3 Å². The van der Waals surface area contributed by atoms with Crippen LogP contribution in [0, 0.1) is 6.92 Å². The average molecular weight is 395 g/mol. The number of nitrogens with zero attached hydrogens (tertiary/aromatic N) is 1. The Hall–Kier alpha value is -2.09. The molecule has 7 nitrogen and oxygen atoms in total. The van der Waals surface area contributed by atoms with Crippen molar-refractivity contribution in [2.45, 2.75) is 57.0 Å². The molecule has 0 saturated heterocycles. The van der Waals surface area contributed by atoms with Crippen LogP contribution in [0.3, 0.4) is 0 Å². The SMILES string of the molecule is CCNC(=NCc1ccc(S(C)(=O)=O)c(C)c1)NCCCC(=O)NC1CC1. The summed E-state index contributed by atoms with van der Waals surface area (Å²) in [5.74, 6) is 0.799. The van der Waals surface area contributed by atoms with E-state index in [0.717, 1.165) is 36.9 Å². The fourth-order valence-electron chi connectivity index (χ4n) is 2.72. The minimum Gasteiger partial charge on any atom is -0.357 e. The summed E-state index contributed by atoms with van der Waals surface area (Å²) in [5, 5.41) is 9.38. The predicted molar refractivity (Wildman–Crippen MR) is 108 cm³/mol. The number of aliphatic imine (C=N–C) groups is 1. The van der Waals surface area contributed by atoms with Crippen molar-refractivity contribution in [3.8, 4) is 0 Å². The number of aryl methyl sites for hydroxylation is 1. The lowest BCUT2D eigenvalue weighted by Crippen LogP contribution is -2.38. The van der Waals surface area contributed by atoms with Crippen molar-refractivity contribution in [2.75, 3.05) is 19.3 Å². The third-order valence-electron chi connectivity index (χ3n) is 4.22. The number of rotatable bonds is 9. The largest absolute Gasteiger partial charge is 0.357 e. The van der Waals surface area contributed by atoms with Crippen molar-refractivity contribution < 1.29 is 13.2 Å². The van der Waals surface area contributed by atoms with Gasteiger partial charge < -0.3 is 16.0 Å². The second-order valence-corrected chi connectivity index (χ2v) is 8.92. The van der Waals surface area contributed by atoms with Gasteiger partial charge in [0.1, 0.15) is 0 Å². The van der Waals surface area contributed by atoms with Gasteiger partial charge in [0.2, 0.25) is 5.91 Å². The number of sulfone groups is 1. The maximum absolute atomic E-state index is 11.7. The van der Waals surface area contributed by atoms with Crippen molar-refractivity contribution in [1.82, 2.24) is 16.0 Å². The summed E-state index contributed by atoms with van der Waals surface area (Å²) in [7, 11) is -3.21. The lowest BCUT2D eigenvalue weighted by atomic mass is 10.1. The molecule has 0 unspecified atom stereocenters. The topological polar surface area (TPSA) is 99.7 Å². The van der Waals surface area contributed by atoms with Crippen molar-refractivity contribution in [3.05, 3.63) is 29.3 Å². The maximum Gasteiger partial charge on any atom is 0.220 e. The van der Waals surface area contributed by atoms with Gasteiger partial charge in [0.25, 0.3) is 0 Å². The molecule has 1 aromatic carbocycles. The molecule has 0 spiro atoms. The van der Waals surface area contributed by atoms with Crippen molar-refractivity contribution in [3.63, 3.8) is 0 Å². The number of nitrogens with one attached hydrogen (secondary N) is 3. The highest BCUT2D eigenvalue weighted by Crippen LogP contribution is 2.18. The van der Waals surface area contributed by atoms with E-state index in [1.165, 1.54) is 6.26 Å². The van der Waals surface area contributed by atoms with E-state index in [4.69, 9.17) is 0 Å². The first-order valence-corrected chi connectivity index (χ1v) is 11.3. The molecule has 3 N–H and O–H groups in total. The van der Waals surface area contributed by atoms with E-state index in [2.05, 4.69) is 20.9 Å². The third-order valence-corrected chi connectivity index (χ3v) is 5.48. The fourth-order valence-corrected chi connectivity index (χ4v) is 3.68. The second kappa shape index (κ2) is 9.73. The number of guanidine groups is 1. The molecule has 150 valence electrons. The zero-order chi connectivity index (χ0) is 19.9. The van der Waals surface area contributed by atoms with Crippen LogP contribution in [0.2, 0.25) is 0 Å². The van der Waals surface area contributed by atoms with E-state index in [1.807, 2.05) is 13.0 Å². The molecular weight excluding hydrogens is 364 g/mol. The van der Waals surface area contributed by atoms with Crippen LogP contribution in [-0.2, 0) is 21.2 Å². The molecule has 1 aromatic rings. The Kier molecular flexibility index (Phi) is 7.65. The molecule has 0 atom stereocenters. The molecule has 1 aliphatic carbocycles. The number of amides is 1. The fraction of sp³-hybridized carbons (Fsp3) is 0.579. The Labute approximate surface area is 162 Å². The van der Waals surface area contributed by atoms with Gasteiger partial charge >= 0.3 is 0 Å². The summed E-state index contributed by atoms with van der Waals surface area (Å²) in [6.45, 7) is 5.63. The minimum atomic E-state index is -3.21. The summed E-state index contributed by atoms with van der Waals surface area (Å²) < 4.78 is 23.4. The molecule has 0 aliphatic heterocycles. The molecule has 8 heteroatoms. The monoisotopic (exact) mass is 394 g/mol. The minimum absolute atomic E-state index is 0.114. The molecule has 1 aliphatic rings. The molecule has 1 saturated carbocycles. The van der Waals surface area contributed by atoms with Crippen LogP contribution in [0.4, 0.5) is 0 Å². The summed E-state index contributed by atoms with van der Waals surface area (Å²) in [5.41, 5.74) is 1.67. The summed E-state index contributed by atoms with van der Waals surface area (Å²) in [6.07, 6.45) is 4.67. The lowest BCUT2D eigenvalue weighted by Gasteiger charge is -2.12. The Bertz CT molecular complexity index is 786. The Morgan fingerprint density at radius 3 is 2.59 bits per heavy atom. The van der Waals surface area contributed by atoms with E-state index in [0.29, 0.717) is 36.4 Å².